The van der Waals surface area contributed by atoms with Gasteiger partial charge >= 0.3 is 5.97 Å². The Hall–Kier alpha value is -3.22. The highest BCUT2D eigenvalue weighted by Crippen LogP contribution is 2.58. The van der Waals surface area contributed by atoms with Gasteiger partial charge in [0, 0.05) is 25.7 Å². The Morgan fingerprint density at radius 2 is 2.00 bits per heavy atom. The summed E-state index contributed by atoms with van der Waals surface area (Å²) in [6, 6.07) is 7.99. The maximum atomic E-state index is 12.4. The molecule has 45 heavy (non-hydrogen) atoms. The molecule has 0 amide bonds. The number of aliphatic carboxylic acids is 1. The number of carbonyl (C=O) groups is 1. The van der Waals surface area contributed by atoms with Gasteiger partial charge in [0.1, 0.15) is 16.5 Å². The molecule has 12 heteroatoms. The van der Waals surface area contributed by atoms with E-state index in [1.54, 1.807) is 4.31 Å². The first kappa shape index (κ1) is 30.4. The SMILES string of the molecule is CC[C@@H]1CN(Cc2cc([C@H](CC(=O)O)c3cc(C4CC4)c4c(nnn4C)c3C)cc3c2CCC3)S(O)(O)c2cc(Cl)cnc2O1. The first-order valence-electron chi connectivity index (χ1n) is 15.6. The third-order valence-corrected chi connectivity index (χ3v) is 11.7. The number of ether oxygens (including phenoxy) is 1. The van der Waals surface area contributed by atoms with Crippen LogP contribution in [0.3, 0.4) is 0 Å². The van der Waals surface area contributed by atoms with Crippen LogP contribution in [0.1, 0.15) is 89.8 Å². The lowest BCUT2D eigenvalue weighted by Gasteiger charge is -2.42. The maximum absolute atomic E-state index is 12.4. The van der Waals surface area contributed by atoms with Crippen molar-refractivity contribution >= 4 is 39.4 Å². The molecule has 3 heterocycles. The summed E-state index contributed by atoms with van der Waals surface area (Å²) in [5.41, 5.74) is 9.23. The van der Waals surface area contributed by atoms with Crippen molar-refractivity contribution in [1.82, 2.24) is 24.3 Å². The van der Waals surface area contributed by atoms with Gasteiger partial charge in [-0.15, -0.1) is 15.9 Å². The predicted octanol–water partition coefficient (Wildman–Crippen LogP) is 7.00. The van der Waals surface area contributed by atoms with Crippen LogP contribution in [-0.4, -0.2) is 57.1 Å². The Morgan fingerprint density at radius 1 is 1.20 bits per heavy atom. The molecule has 1 fully saturated rings. The molecule has 4 aromatic rings. The highest BCUT2D eigenvalue weighted by molar-refractivity contribution is 8.22. The van der Waals surface area contributed by atoms with Crippen molar-refractivity contribution in [3.05, 3.63) is 74.4 Å². The largest absolute Gasteiger partial charge is 0.481 e. The zero-order valence-electron chi connectivity index (χ0n) is 25.7. The smallest absolute Gasteiger partial charge is 0.304 e. The van der Waals surface area contributed by atoms with Gasteiger partial charge in [0.15, 0.2) is 0 Å². The number of carboxylic acid groups (broad SMARTS) is 1. The number of benzene rings is 2. The number of nitrogens with zero attached hydrogens (tertiary/aromatic N) is 5. The van der Waals surface area contributed by atoms with Crippen molar-refractivity contribution in [2.75, 3.05) is 6.54 Å². The molecule has 0 spiro atoms. The van der Waals surface area contributed by atoms with Crippen molar-refractivity contribution in [3.63, 3.8) is 0 Å². The molecule has 0 radical (unpaired) electrons. The molecule has 2 aliphatic carbocycles. The highest BCUT2D eigenvalue weighted by atomic mass is 35.5. The number of pyridine rings is 1. The standard InChI is InChI=1S/C33H38ClN5O5S/c1-4-24-17-39(45(42,43)29-12-23(34)15-35-33(29)44-24)16-22-11-21(10-20-6-5-7-25(20)22)27(14-30(40)41)26-13-28(19-8-9-19)32-31(18(26)2)36-37-38(32)3/h10-13,15,19,24,27,42-43H,4-9,14,16-17H2,1-3H3,(H,40,41)/t24-,27+/m1/s1. The molecule has 3 N–H and O–H groups in total. The van der Waals surface area contributed by atoms with Crippen LogP contribution in [-0.2, 0) is 31.2 Å². The minimum Gasteiger partial charge on any atom is -0.481 e. The summed E-state index contributed by atoms with van der Waals surface area (Å²) in [5, 5.41) is 19.3. The summed E-state index contributed by atoms with van der Waals surface area (Å²) in [5.74, 6) is -0.663. The fraction of sp³-hybridized carbons (Fsp3) is 0.455. The molecule has 2 atom stereocenters. The molecular formula is C33H38ClN5O5S. The molecule has 7 rings (SSSR count). The Morgan fingerprint density at radius 3 is 2.73 bits per heavy atom. The van der Waals surface area contributed by atoms with Gasteiger partial charge in [-0.3, -0.25) is 13.9 Å². The Balaban J connectivity index is 1.34. The number of hydrogen-bond donors (Lipinski definition) is 3. The second kappa shape index (κ2) is 11.5. The van der Waals surface area contributed by atoms with Crippen LogP contribution < -0.4 is 4.74 Å². The fourth-order valence-corrected chi connectivity index (χ4v) is 8.96. The Labute approximate surface area is 268 Å². The minimum atomic E-state index is -3.49. The van der Waals surface area contributed by atoms with Crippen LogP contribution in [0.4, 0.5) is 0 Å². The van der Waals surface area contributed by atoms with E-state index >= 15 is 0 Å². The molecule has 1 saturated carbocycles. The number of rotatable bonds is 8. The van der Waals surface area contributed by atoms with Crippen LogP contribution in [0.15, 0.2) is 35.4 Å². The quantitative estimate of drug-likeness (QED) is 0.184. The number of aromatic nitrogens is 4. The van der Waals surface area contributed by atoms with E-state index in [-0.39, 0.29) is 36.4 Å². The van der Waals surface area contributed by atoms with Gasteiger partial charge in [0.05, 0.1) is 23.5 Å². The van der Waals surface area contributed by atoms with Gasteiger partial charge in [-0.25, -0.2) is 9.67 Å². The van der Waals surface area contributed by atoms with Gasteiger partial charge in [-0.1, -0.05) is 41.9 Å². The van der Waals surface area contributed by atoms with E-state index in [1.807, 2.05) is 25.6 Å². The van der Waals surface area contributed by atoms with Crippen LogP contribution >= 0.6 is 22.4 Å². The third-order valence-electron chi connectivity index (χ3n) is 9.63. The maximum Gasteiger partial charge on any atom is 0.304 e. The van der Waals surface area contributed by atoms with Crippen LogP contribution in [0.2, 0.25) is 5.02 Å². The Bertz CT molecular complexity index is 1820. The fourth-order valence-electron chi connectivity index (χ4n) is 7.15. The van der Waals surface area contributed by atoms with E-state index in [4.69, 9.17) is 16.3 Å². The lowest BCUT2D eigenvalue weighted by atomic mass is 9.82. The van der Waals surface area contributed by atoms with Gasteiger partial charge in [-0.2, -0.15) is 4.31 Å². The van der Waals surface area contributed by atoms with Crippen molar-refractivity contribution in [1.29, 1.82) is 0 Å². The van der Waals surface area contributed by atoms with E-state index in [0.717, 1.165) is 65.4 Å². The number of halogens is 1. The van der Waals surface area contributed by atoms with E-state index in [9.17, 15) is 19.0 Å². The topological polar surface area (TPSA) is 134 Å². The van der Waals surface area contributed by atoms with Crippen molar-refractivity contribution in [3.8, 4) is 5.88 Å². The zero-order chi connectivity index (χ0) is 31.6. The first-order chi connectivity index (χ1) is 21.5. The number of hydrogen-bond acceptors (Lipinski definition) is 8. The molecule has 0 unspecified atom stereocenters. The van der Waals surface area contributed by atoms with Crippen LogP contribution in [0.5, 0.6) is 5.88 Å². The molecule has 0 bridgehead atoms. The average molecular weight is 652 g/mol. The summed E-state index contributed by atoms with van der Waals surface area (Å²) in [6.45, 7) is 4.56. The van der Waals surface area contributed by atoms with Gasteiger partial charge in [-0.05, 0) is 96.4 Å². The second-order valence-electron chi connectivity index (χ2n) is 12.6. The third kappa shape index (κ3) is 5.48. The molecule has 2 aromatic heterocycles. The normalized spacial score (nSPS) is 20.7. The lowest BCUT2D eigenvalue weighted by molar-refractivity contribution is -0.137. The summed E-state index contributed by atoms with van der Waals surface area (Å²) >= 11 is 6.25. The van der Waals surface area contributed by atoms with Crippen molar-refractivity contribution in [2.24, 2.45) is 7.05 Å². The van der Waals surface area contributed by atoms with E-state index in [0.29, 0.717) is 17.4 Å². The molecule has 238 valence electrons. The molecule has 3 aliphatic rings. The molecular weight excluding hydrogens is 614 g/mol. The Kier molecular flexibility index (Phi) is 7.80. The van der Waals surface area contributed by atoms with Gasteiger partial charge in [0.2, 0.25) is 5.88 Å². The van der Waals surface area contributed by atoms with Crippen LogP contribution in [0.25, 0.3) is 11.0 Å². The van der Waals surface area contributed by atoms with Crippen molar-refractivity contribution in [2.45, 2.75) is 88.2 Å². The zero-order valence-corrected chi connectivity index (χ0v) is 27.2. The van der Waals surface area contributed by atoms with Gasteiger partial charge < -0.3 is 9.84 Å². The van der Waals surface area contributed by atoms with E-state index < -0.39 is 22.7 Å². The average Bonchev–Trinajstić information content (AvgIpc) is 3.63. The summed E-state index contributed by atoms with van der Waals surface area (Å²) in [6.07, 6.45) is 6.70. The highest BCUT2D eigenvalue weighted by Gasteiger charge is 2.37. The lowest BCUT2D eigenvalue weighted by Crippen LogP contribution is -2.34. The van der Waals surface area contributed by atoms with Gasteiger partial charge in [0.25, 0.3) is 0 Å². The first-order valence-corrected chi connectivity index (χ1v) is 17.5. The predicted molar refractivity (Wildman–Crippen MR) is 173 cm³/mol. The summed E-state index contributed by atoms with van der Waals surface area (Å²) in [7, 11) is -1.58. The second-order valence-corrected chi connectivity index (χ2v) is 15.1. The molecule has 0 saturated heterocycles. The molecule has 1 aliphatic heterocycles. The molecule has 2 aromatic carbocycles. The molecule has 10 nitrogen and oxygen atoms in total. The number of fused-ring (bicyclic) bond motifs is 3. The van der Waals surface area contributed by atoms with Crippen LogP contribution in [0, 0.1) is 6.92 Å². The number of carboxylic acids is 1. The summed E-state index contributed by atoms with van der Waals surface area (Å²) < 4.78 is 33.1. The van der Waals surface area contributed by atoms with Crippen molar-refractivity contribution < 1.29 is 23.7 Å². The summed E-state index contributed by atoms with van der Waals surface area (Å²) in [4.78, 5) is 16.9. The minimum absolute atomic E-state index is 0.0723. The van der Waals surface area contributed by atoms with E-state index in [1.165, 1.54) is 29.0 Å². The van der Waals surface area contributed by atoms with E-state index in [2.05, 4.69) is 33.5 Å². The monoisotopic (exact) mass is 651 g/mol. The number of aryl methyl sites for hydroxylation is 3.